The Hall–Kier alpha value is -3.08. The molecule has 0 radical (unpaired) electrons. The lowest BCUT2D eigenvalue weighted by molar-refractivity contribution is 0.334. The lowest BCUT2D eigenvalue weighted by Gasteiger charge is -2.18. The van der Waals surface area contributed by atoms with Crippen LogP contribution >= 0.6 is 0 Å². The van der Waals surface area contributed by atoms with Crippen LogP contribution < -0.4 is 21.5 Å². The molecule has 28 heavy (non-hydrogen) atoms. The van der Waals surface area contributed by atoms with Gasteiger partial charge in [0.1, 0.15) is 11.5 Å². The van der Waals surface area contributed by atoms with Crippen LogP contribution in [0.2, 0.25) is 0 Å². The zero-order valence-electron chi connectivity index (χ0n) is 16.5. The van der Waals surface area contributed by atoms with E-state index in [-0.39, 0.29) is 5.41 Å². The summed E-state index contributed by atoms with van der Waals surface area (Å²) in [7, 11) is 0. The van der Waals surface area contributed by atoms with Gasteiger partial charge >= 0.3 is 0 Å². The minimum atomic E-state index is 0.146. The molecule has 0 heterocycles. The second-order valence-corrected chi connectivity index (χ2v) is 7.71. The van der Waals surface area contributed by atoms with Gasteiger partial charge in [-0.2, -0.15) is 11.8 Å². The van der Waals surface area contributed by atoms with Crippen LogP contribution in [-0.4, -0.2) is 0 Å². The average Bonchev–Trinajstić information content (AvgIpc) is 2.72. The number of hydrogen-bond acceptors (Lipinski definition) is 4. The van der Waals surface area contributed by atoms with Crippen LogP contribution in [0.15, 0.2) is 66.7 Å². The summed E-state index contributed by atoms with van der Waals surface area (Å²) in [6, 6.07) is 21.9. The van der Waals surface area contributed by atoms with Gasteiger partial charge in [0.05, 0.1) is 0 Å². The van der Waals surface area contributed by atoms with E-state index >= 15 is 0 Å². The van der Waals surface area contributed by atoms with Crippen molar-refractivity contribution in [3.63, 3.8) is 0 Å². The van der Waals surface area contributed by atoms with Crippen molar-refractivity contribution in [2.75, 3.05) is 0 Å². The first-order valence-corrected chi connectivity index (χ1v) is 9.17. The van der Waals surface area contributed by atoms with Gasteiger partial charge in [0.15, 0.2) is 0 Å². The Morgan fingerprint density at radius 2 is 1.32 bits per heavy atom. The van der Waals surface area contributed by atoms with E-state index in [0.29, 0.717) is 11.5 Å². The topological polar surface area (TPSA) is 70.5 Å². The van der Waals surface area contributed by atoms with Crippen LogP contribution in [0.25, 0.3) is 23.3 Å². The molecule has 144 valence electrons. The van der Waals surface area contributed by atoms with Gasteiger partial charge in [-0.3, -0.25) is 0 Å². The lowest BCUT2D eigenvalue weighted by Crippen LogP contribution is -2.10. The quantitative estimate of drug-likeness (QED) is 0.468. The monoisotopic (exact) mass is 374 g/mol. The van der Waals surface area contributed by atoms with Gasteiger partial charge in [0.2, 0.25) is 0 Å². The molecule has 0 spiro atoms. The van der Waals surface area contributed by atoms with Gasteiger partial charge in [-0.15, -0.1) is 0 Å². The van der Waals surface area contributed by atoms with Crippen molar-refractivity contribution in [2.45, 2.75) is 26.2 Å². The standard InChI is InChI=1S/C24H26N2O2/c1-24(2,3)20-11-5-17(6-12-20)4-7-18-10-15-22(28-26)16-23(18)19-8-13-21(27-25)14-9-19/h4-16H,25-26H2,1-3H3/b7-4-. The Labute approximate surface area is 166 Å². The highest BCUT2D eigenvalue weighted by Crippen LogP contribution is 2.30. The van der Waals surface area contributed by atoms with Gasteiger partial charge in [0, 0.05) is 0 Å². The number of rotatable bonds is 5. The van der Waals surface area contributed by atoms with Crippen molar-refractivity contribution < 1.29 is 9.68 Å². The van der Waals surface area contributed by atoms with Crippen LogP contribution in [-0.2, 0) is 5.41 Å². The second-order valence-electron chi connectivity index (χ2n) is 7.71. The van der Waals surface area contributed by atoms with Crippen molar-refractivity contribution in [3.8, 4) is 22.6 Å². The maximum absolute atomic E-state index is 5.35. The third kappa shape index (κ3) is 4.60. The normalized spacial score (nSPS) is 11.6. The van der Waals surface area contributed by atoms with Crippen LogP contribution in [0.4, 0.5) is 0 Å². The molecule has 4 N–H and O–H groups in total. The smallest absolute Gasteiger partial charge is 0.147 e. The molecular weight excluding hydrogens is 348 g/mol. The van der Waals surface area contributed by atoms with E-state index < -0.39 is 0 Å². The molecule has 0 aliphatic rings. The van der Waals surface area contributed by atoms with Gasteiger partial charge in [-0.05, 0) is 57.5 Å². The molecule has 0 aliphatic carbocycles. The van der Waals surface area contributed by atoms with Gasteiger partial charge < -0.3 is 9.68 Å². The summed E-state index contributed by atoms with van der Waals surface area (Å²) >= 11 is 0. The Morgan fingerprint density at radius 1 is 0.714 bits per heavy atom. The Morgan fingerprint density at radius 3 is 1.89 bits per heavy atom. The van der Waals surface area contributed by atoms with Gasteiger partial charge in [-0.25, -0.2) is 0 Å². The van der Waals surface area contributed by atoms with Crippen molar-refractivity contribution in [1.29, 1.82) is 0 Å². The molecule has 3 aromatic carbocycles. The third-order valence-corrected chi connectivity index (χ3v) is 4.69. The largest absolute Gasteiger partial charge is 0.412 e. The molecule has 0 aromatic heterocycles. The minimum absolute atomic E-state index is 0.146. The molecule has 4 nitrogen and oxygen atoms in total. The van der Waals surface area contributed by atoms with Crippen molar-refractivity contribution >= 4 is 12.2 Å². The zero-order chi connectivity index (χ0) is 20.1. The SMILES string of the molecule is CC(C)(C)c1ccc(/C=C\c2ccc(ON)cc2-c2ccc(ON)cc2)cc1. The van der Waals surface area contributed by atoms with Gasteiger partial charge in [0.25, 0.3) is 0 Å². The molecule has 4 heteroatoms. The first-order valence-electron chi connectivity index (χ1n) is 9.17. The van der Waals surface area contributed by atoms with Crippen LogP contribution in [0.1, 0.15) is 37.5 Å². The van der Waals surface area contributed by atoms with Crippen LogP contribution in [0.3, 0.4) is 0 Å². The van der Waals surface area contributed by atoms with E-state index in [1.807, 2.05) is 42.5 Å². The summed E-state index contributed by atoms with van der Waals surface area (Å²) in [5, 5.41) is 0. The molecule has 0 aliphatic heterocycles. The van der Waals surface area contributed by atoms with E-state index in [9.17, 15) is 0 Å². The lowest BCUT2D eigenvalue weighted by atomic mass is 9.86. The first-order chi connectivity index (χ1) is 13.4. The molecule has 0 atom stereocenters. The maximum atomic E-state index is 5.35. The fourth-order valence-electron chi connectivity index (χ4n) is 3.00. The molecule has 3 aromatic rings. The highest BCUT2D eigenvalue weighted by Gasteiger charge is 2.12. The molecule has 0 bridgehead atoms. The van der Waals surface area contributed by atoms with Crippen molar-refractivity contribution in [3.05, 3.63) is 83.4 Å². The van der Waals surface area contributed by atoms with E-state index in [2.05, 4.69) is 57.2 Å². The first kappa shape index (κ1) is 19.7. The summed E-state index contributed by atoms with van der Waals surface area (Å²) in [4.78, 5) is 9.68. The summed E-state index contributed by atoms with van der Waals surface area (Å²) in [6.07, 6.45) is 4.20. The van der Waals surface area contributed by atoms with Crippen LogP contribution in [0, 0.1) is 0 Å². The molecule has 0 fully saturated rings. The summed E-state index contributed by atoms with van der Waals surface area (Å²) in [5.41, 5.74) is 5.69. The molecule has 0 saturated carbocycles. The highest BCUT2D eigenvalue weighted by molar-refractivity contribution is 5.82. The Bertz CT molecular complexity index is 953. The minimum Gasteiger partial charge on any atom is -0.412 e. The second kappa shape index (κ2) is 8.30. The predicted octanol–water partition coefficient (Wildman–Crippen LogP) is 5.33. The zero-order valence-corrected chi connectivity index (χ0v) is 16.5. The third-order valence-electron chi connectivity index (χ3n) is 4.69. The number of nitrogens with two attached hydrogens (primary N) is 2. The fraction of sp³-hybridized carbons (Fsp3) is 0.167. The average molecular weight is 374 g/mol. The number of hydrogen-bond donors (Lipinski definition) is 2. The van der Waals surface area contributed by atoms with Crippen molar-refractivity contribution in [1.82, 2.24) is 0 Å². The molecule has 0 saturated heterocycles. The molecule has 0 amide bonds. The van der Waals surface area contributed by atoms with E-state index in [0.717, 1.165) is 22.3 Å². The molecule has 0 unspecified atom stereocenters. The Balaban J connectivity index is 1.93. The summed E-state index contributed by atoms with van der Waals surface area (Å²) in [5.74, 6) is 11.8. The van der Waals surface area contributed by atoms with E-state index in [4.69, 9.17) is 21.5 Å². The van der Waals surface area contributed by atoms with Crippen molar-refractivity contribution in [2.24, 2.45) is 11.8 Å². The van der Waals surface area contributed by atoms with Crippen LogP contribution in [0.5, 0.6) is 11.5 Å². The van der Waals surface area contributed by atoms with E-state index in [1.165, 1.54) is 5.56 Å². The van der Waals surface area contributed by atoms with Gasteiger partial charge in [-0.1, -0.05) is 75.4 Å². The predicted molar refractivity (Wildman–Crippen MR) is 116 cm³/mol. The number of benzene rings is 3. The molecular formula is C24H26N2O2. The summed E-state index contributed by atoms with van der Waals surface area (Å²) < 4.78 is 0. The fourth-order valence-corrected chi connectivity index (χ4v) is 3.00. The molecule has 3 rings (SSSR count). The highest BCUT2D eigenvalue weighted by atomic mass is 16.6. The summed E-state index contributed by atoms with van der Waals surface area (Å²) in [6.45, 7) is 6.64. The maximum Gasteiger partial charge on any atom is 0.147 e. The Kier molecular flexibility index (Phi) is 5.83. The van der Waals surface area contributed by atoms with E-state index in [1.54, 1.807) is 0 Å².